The number of anilines is 1. The van der Waals surface area contributed by atoms with E-state index < -0.39 is 5.97 Å². The Morgan fingerprint density at radius 1 is 1.30 bits per heavy atom. The molecule has 0 radical (unpaired) electrons. The number of carboxylic acid groups (broad SMARTS) is 1. The molecule has 2 aliphatic heterocycles. The maximum atomic E-state index is 13.0. The summed E-state index contributed by atoms with van der Waals surface area (Å²) < 4.78 is 1.74. The van der Waals surface area contributed by atoms with Crippen LogP contribution in [0.1, 0.15) is 32.7 Å². The molecular weight excluding hydrogens is 298 g/mol. The van der Waals surface area contributed by atoms with Gasteiger partial charge in [-0.25, -0.2) is 4.68 Å². The van der Waals surface area contributed by atoms with E-state index in [1.807, 2.05) is 25.8 Å². The van der Waals surface area contributed by atoms with Crippen molar-refractivity contribution in [3.63, 3.8) is 0 Å². The van der Waals surface area contributed by atoms with E-state index in [2.05, 4.69) is 10.1 Å². The first kappa shape index (κ1) is 15.5. The quantitative estimate of drug-likeness (QED) is 0.870. The fourth-order valence-electron chi connectivity index (χ4n) is 3.35. The fraction of sp³-hybridized carbons (Fsp3) is 0.600. The second-order valence-electron chi connectivity index (χ2n) is 6.14. The summed E-state index contributed by atoms with van der Waals surface area (Å²) in [7, 11) is 1.87. The molecule has 1 atom stereocenters. The van der Waals surface area contributed by atoms with E-state index in [4.69, 9.17) is 5.11 Å². The van der Waals surface area contributed by atoms with Gasteiger partial charge < -0.3 is 14.9 Å². The minimum absolute atomic E-state index is 0.0353. The number of aromatic nitrogens is 3. The number of hydrogen-bond acceptors (Lipinski definition) is 5. The SMILES string of the molecule is CC1=C(C(=O)N2CCC(C(=O)O)CC2)C(C)n2ncnc2N1C. The van der Waals surface area contributed by atoms with Gasteiger partial charge in [-0.3, -0.25) is 9.59 Å². The predicted molar refractivity (Wildman–Crippen MR) is 82.8 cm³/mol. The van der Waals surface area contributed by atoms with E-state index >= 15 is 0 Å². The Balaban J connectivity index is 1.82. The highest BCUT2D eigenvalue weighted by molar-refractivity contribution is 5.96. The number of nitrogens with zero attached hydrogens (tertiary/aromatic N) is 5. The van der Waals surface area contributed by atoms with E-state index in [-0.39, 0.29) is 17.9 Å². The molecule has 0 aromatic carbocycles. The summed E-state index contributed by atoms with van der Waals surface area (Å²) in [5.41, 5.74) is 1.56. The molecule has 124 valence electrons. The van der Waals surface area contributed by atoms with Crippen molar-refractivity contribution in [1.29, 1.82) is 0 Å². The molecule has 2 aliphatic rings. The van der Waals surface area contributed by atoms with Gasteiger partial charge in [-0.1, -0.05) is 0 Å². The normalized spacial score (nSPS) is 22.3. The highest BCUT2D eigenvalue weighted by atomic mass is 16.4. The fourth-order valence-corrected chi connectivity index (χ4v) is 3.35. The number of carboxylic acids is 1. The van der Waals surface area contributed by atoms with Gasteiger partial charge in [0, 0.05) is 25.8 Å². The van der Waals surface area contributed by atoms with Crippen LogP contribution in [0.25, 0.3) is 0 Å². The molecule has 1 N–H and O–H groups in total. The van der Waals surface area contributed by atoms with Gasteiger partial charge in [0.15, 0.2) is 0 Å². The van der Waals surface area contributed by atoms with Gasteiger partial charge in [-0.2, -0.15) is 10.1 Å². The lowest BCUT2D eigenvalue weighted by atomic mass is 9.95. The van der Waals surface area contributed by atoms with Gasteiger partial charge in [0.25, 0.3) is 5.91 Å². The lowest BCUT2D eigenvalue weighted by molar-refractivity contribution is -0.145. The summed E-state index contributed by atoms with van der Waals surface area (Å²) >= 11 is 0. The lowest BCUT2D eigenvalue weighted by Crippen LogP contribution is -2.44. The molecule has 1 fully saturated rings. The van der Waals surface area contributed by atoms with Crippen LogP contribution >= 0.6 is 0 Å². The number of allylic oxidation sites excluding steroid dienone is 1. The summed E-state index contributed by atoms with van der Waals surface area (Å²) in [5.74, 6) is -0.434. The molecule has 0 spiro atoms. The first-order valence-electron chi connectivity index (χ1n) is 7.78. The molecule has 1 saturated heterocycles. The molecule has 8 heteroatoms. The summed E-state index contributed by atoms with van der Waals surface area (Å²) in [6.07, 6.45) is 2.50. The van der Waals surface area contributed by atoms with Crippen LogP contribution in [-0.2, 0) is 9.59 Å². The second kappa shape index (κ2) is 5.68. The van der Waals surface area contributed by atoms with Crippen LogP contribution in [0.2, 0.25) is 0 Å². The molecule has 1 aromatic rings. The number of likely N-dealkylation sites (tertiary alicyclic amines) is 1. The zero-order valence-electron chi connectivity index (χ0n) is 13.6. The predicted octanol–water partition coefficient (Wildman–Crippen LogP) is 0.886. The van der Waals surface area contributed by atoms with Crippen molar-refractivity contribution < 1.29 is 14.7 Å². The average molecular weight is 319 g/mol. The number of carbonyl (C=O) groups excluding carboxylic acids is 1. The summed E-state index contributed by atoms with van der Waals surface area (Å²) in [6.45, 7) is 4.80. The molecular formula is C15H21N5O3. The van der Waals surface area contributed by atoms with Crippen molar-refractivity contribution in [2.75, 3.05) is 25.0 Å². The van der Waals surface area contributed by atoms with Crippen molar-refractivity contribution in [3.05, 3.63) is 17.6 Å². The maximum Gasteiger partial charge on any atom is 0.306 e. The Kier molecular flexibility index (Phi) is 3.83. The van der Waals surface area contributed by atoms with Crippen LogP contribution in [0, 0.1) is 5.92 Å². The number of aliphatic carboxylic acids is 1. The molecule has 8 nitrogen and oxygen atoms in total. The van der Waals surface area contributed by atoms with E-state index in [0.29, 0.717) is 31.5 Å². The standard InChI is InChI=1S/C15H21N5O3/c1-9-12(10(2)20-15(18(9)3)16-8-17-20)13(21)19-6-4-11(5-7-19)14(22)23/h8,10-11H,4-7H2,1-3H3,(H,22,23). The van der Waals surface area contributed by atoms with Crippen molar-refractivity contribution in [2.45, 2.75) is 32.7 Å². The van der Waals surface area contributed by atoms with Gasteiger partial charge in [-0.15, -0.1) is 0 Å². The molecule has 23 heavy (non-hydrogen) atoms. The Bertz CT molecular complexity index is 672. The summed E-state index contributed by atoms with van der Waals surface area (Å²) in [4.78, 5) is 31.9. The van der Waals surface area contributed by atoms with Gasteiger partial charge in [0.2, 0.25) is 5.95 Å². The van der Waals surface area contributed by atoms with E-state index in [1.54, 1.807) is 9.58 Å². The number of amides is 1. The van der Waals surface area contributed by atoms with Crippen molar-refractivity contribution in [2.24, 2.45) is 5.92 Å². The second-order valence-corrected chi connectivity index (χ2v) is 6.14. The van der Waals surface area contributed by atoms with E-state index in [0.717, 1.165) is 11.6 Å². The molecule has 0 aliphatic carbocycles. The minimum atomic E-state index is -0.773. The lowest BCUT2D eigenvalue weighted by Gasteiger charge is -2.36. The van der Waals surface area contributed by atoms with Crippen LogP contribution in [0.4, 0.5) is 5.95 Å². The first-order valence-corrected chi connectivity index (χ1v) is 7.78. The third-order valence-electron chi connectivity index (χ3n) is 4.89. The first-order chi connectivity index (χ1) is 10.9. The van der Waals surface area contributed by atoms with Gasteiger partial charge in [0.1, 0.15) is 6.33 Å². The van der Waals surface area contributed by atoms with Crippen LogP contribution in [0.5, 0.6) is 0 Å². The Labute approximate surface area is 134 Å². The monoisotopic (exact) mass is 319 g/mol. The number of hydrogen-bond donors (Lipinski definition) is 1. The highest BCUT2D eigenvalue weighted by Gasteiger charge is 2.35. The number of fused-ring (bicyclic) bond motifs is 1. The smallest absolute Gasteiger partial charge is 0.306 e. The van der Waals surface area contributed by atoms with Gasteiger partial charge >= 0.3 is 5.97 Å². The molecule has 3 heterocycles. The van der Waals surface area contributed by atoms with Crippen LogP contribution < -0.4 is 4.90 Å². The molecule has 1 aromatic heterocycles. The molecule has 1 unspecified atom stereocenters. The Morgan fingerprint density at radius 3 is 2.57 bits per heavy atom. The number of piperidine rings is 1. The summed E-state index contributed by atoms with van der Waals surface area (Å²) in [6, 6.07) is -0.187. The third-order valence-corrected chi connectivity index (χ3v) is 4.89. The van der Waals surface area contributed by atoms with E-state index in [1.165, 1.54) is 6.33 Å². The minimum Gasteiger partial charge on any atom is -0.481 e. The van der Waals surface area contributed by atoms with Crippen molar-refractivity contribution >= 4 is 17.8 Å². The van der Waals surface area contributed by atoms with Crippen LogP contribution in [-0.4, -0.2) is 56.8 Å². The van der Waals surface area contributed by atoms with E-state index in [9.17, 15) is 9.59 Å². The van der Waals surface area contributed by atoms with Crippen LogP contribution in [0.15, 0.2) is 17.6 Å². The zero-order chi connectivity index (χ0) is 16.7. The molecule has 3 rings (SSSR count). The van der Waals surface area contributed by atoms with Crippen LogP contribution in [0.3, 0.4) is 0 Å². The van der Waals surface area contributed by atoms with Crippen molar-refractivity contribution in [1.82, 2.24) is 19.7 Å². The average Bonchev–Trinajstić information content (AvgIpc) is 3.03. The van der Waals surface area contributed by atoms with Gasteiger partial charge in [0.05, 0.1) is 17.5 Å². The third kappa shape index (κ3) is 2.47. The Hall–Kier alpha value is -2.38. The van der Waals surface area contributed by atoms with Crippen molar-refractivity contribution in [3.8, 4) is 0 Å². The Morgan fingerprint density at radius 2 is 1.96 bits per heavy atom. The zero-order valence-corrected chi connectivity index (χ0v) is 13.6. The molecule has 1 amide bonds. The largest absolute Gasteiger partial charge is 0.481 e. The van der Waals surface area contributed by atoms with Gasteiger partial charge in [-0.05, 0) is 26.7 Å². The number of carbonyl (C=O) groups is 2. The maximum absolute atomic E-state index is 13.0. The summed E-state index contributed by atoms with van der Waals surface area (Å²) in [5, 5.41) is 13.3. The topological polar surface area (TPSA) is 91.6 Å². The molecule has 0 bridgehead atoms. The highest BCUT2D eigenvalue weighted by Crippen LogP contribution is 2.34. The number of rotatable bonds is 2. The molecule has 0 saturated carbocycles.